The molecule has 0 bridgehead atoms. The Bertz CT molecular complexity index is 385. The van der Waals surface area contributed by atoms with Crippen LogP contribution in [0.25, 0.3) is 0 Å². The molecule has 0 aliphatic heterocycles. The van der Waals surface area contributed by atoms with Crippen LogP contribution in [0.15, 0.2) is 0 Å². The monoisotopic (exact) mass is 212 g/mol. The molecule has 15 heavy (non-hydrogen) atoms. The molecule has 0 atom stereocenters. The normalized spacial score (nSPS) is 10.0. The molecule has 7 nitrogen and oxygen atoms in total. The second-order valence-electron chi connectivity index (χ2n) is 3.12. The third-order valence-electron chi connectivity index (χ3n) is 1.79. The molecule has 0 aliphatic rings. The molecule has 1 aromatic rings. The molecule has 0 saturated heterocycles. The van der Waals surface area contributed by atoms with Crippen molar-refractivity contribution in [1.82, 2.24) is 10.2 Å². The highest BCUT2D eigenvalue weighted by molar-refractivity contribution is 5.78. The number of hydrogen-bond acceptors (Lipinski definition) is 5. The van der Waals surface area contributed by atoms with E-state index in [0.29, 0.717) is 17.8 Å². The summed E-state index contributed by atoms with van der Waals surface area (Å²) in [6.07, 6.45) is 0.440. The first kappa shape index (κ1) is 11.2. The molecule has 1 aromatic heterocycles. The Labute approximate surface area is 86.1 Å². The number of rotatable bonds is 5. The molecule has 0 aromatic carbocycles. The maximum Gasteiger partial charge on any atom is 0.353 e. The minimum Gasteiger partial charge on any atom is -0.473 e. The van der Waals surface area contributed by atoms with E-state index in [9.17, 15) is 10.1 Å². The van der Waals surface area contributed by atoms with Gasteiger partial charge in [0.1, 0.15) is 5.69 Å². The average Bonchev–Trinajstić information content (AvgIpc) is 2.46. The molecule has 7 heteroatoms. The van der Waals surface area contributed by atoms with Crippen molar-refractivity contribution in [2.45, 2.75) is 20.3 Å². The molecule has 82 valence electrons. The van der Waals surface area contributed by atoms with E-state index in [-0.39, 0.29) is 18.2 Å². The van der Waals surface area contributed by atoms with E-state index in [4.69, 9.17) is 10.1 Å². The van der Waals surface area contributed by atoms with Crippen molar-refractivity contribution in [3.8, 4) is 5.88 Å². The lowest BCUT2D eigenvalue weighted by Gasteiger charge is -2.01. The minimum absolute atomic E-state index is 0.0544. The first-order valence-electron chi connectivity index (χ1n) is 4.38. The summed E-state index contributed by atoms with van der Waals surface area (Å²) in [7, 11) is 0. The van der Waals surface area contributed by atoms with E-state index in [2.05, 4.69) is 10.2 Å². The predicted octanol–water partition coefficient (Wildman–Crippen LogP) is 1.43. The molecule has 0 fully saturated rings. The van der Waals surface area contributed by atoms with Crippen LogP contribution in [0.3, 0.4) is 0 Å². The van der Waals surface area contributed by atoms with E-state index < -0.39 is 4.92 Å². The Kier molecular flexibility index (Phi) is 3.37. The van der Waals surface area contributed by atoms with E-state index in [1.54, 1.807) is 6.92 Å². The molecular weight excluding hydrogens is 200 g/mol. The van der Waals surface area contributed by atoms with E-state index in [0.717, 1.165) is 0 Å². The molecule has 1 rings (SSSR count). The van der Waals surface area contributed by atoms with Crippen molar-refractivity contribution in [3.63, 3.8) is 0 Å². The van der Waals surface area contributed by atoms with Crippen molar-refractivity contribution >= 4 is 11.4 Å². The Hall–Kier alpha value is -1.92. The SMILES string of the molecule is CC(=N)CCOc1[nH]nc(C)c1[N+](=O)[O-]. The Morgan fingerprint density at radius 1 is 1.73 bits per heavy atom. The number of nitrogens with one attached hydrogen (secondary N) is 2. The van der Waals surface area contributed by atoms with Gasteiger partial charge in [-0.15, -0.1) is 0 Å². The number of H-pyrrole nitrogens is 1. The van der Waals surface area contributed by atoms with E-state index >= 15 is 0 Å². The Balaban J connectivity index is 2.69. The molecule has 0 aliphatic carbocycles. The lowest BCUT2D eigenvalue weighted by atomic mass is 10.3. The molecular formula is C8H12N4O3. The van der Waals surface area contributed by atoms with Gasteiger partial charge in [0.15, 0.2) is 0 Å². The van der Waals surface area contributed by atoms with Crippen LogP contribution in [0.5, 0.6) is 5.88 Å². The predicted molar refractivity (Wildman–Crippen MR) is 53.5 cm³/mol. The fraction of sp³-hybridized carbons (Fsp3) is 0.500. The highest BCUT2D eigenvalue weighted by Gasteiger charge is 2.22. The third-order valence-corrected chi connectivity index (χ3v) is 1.79. The van der Waals surface area contributed by atoms with Gasteiger partial charge < -0.3 is 10.1 Å². The van der Waals surface area contributed by atoms with Gasteiger partial charge in [0, 0.05) is 12.1 Å². The summed E-state index contributed by atoms with van der Waals surface area (Å²) in [5, 5.41) is 23.9. The van der Waals surface area contributed by atoms with Crippen LogP contribution in [-0.4, -0.2) is 27.4 Å². The van der Waals surface area contributed by atoms with Crippen LogP contribution in [0.2, 0.25) is 0 Å². The summed E-state index contributed by atoms with van der Waals surface area (Å²) in [5.74, 6) is 0.0544. The standard InChI is InChI=1S/C8H12N4O3/c1-5(9)3-4-15-8-7(12(13)14)6(2)10-11-8/h9H,3-4H2,1-2H3,(H,10,11). The second-order valence-corrected chi connectivity index (χ2v) is 3.12. The lowest BCUT2D eigenvalue weighted by molar-refractivity contribution is -0.386. The highest BCUT2D eigenvalue weighted by atomic mass is 16.6. The molecule has 0 radical (unpaired) electrons. The molecule has 1 heterocycles. The number of hydrogen-bond donors (Lipinski definition) is 2. The van der Waals surface area contributed by atoms with Crippen LogP contribution in [0, 0.1) is 22.4 Å². The number of nitrogens with zero attached hydrogens (tertiary/aromatic N) is 2. The molecule has 0 amide bonds. The van der Waals surface area contributed by atoms with E-state index in [1.807, 2.05) is 0 Å². The van der Waals surface area contributed by atoms with Crippen LogP contribution in [0.4, 0.5) is 5.69 Å². The maximum absolute atomic E-state index is 10.6. The first-order chi connectivity index (χ1) is 7.02. The van der Waals surface area contributed by atoms with Gasteiger partial charge in [-0.3, -0.25) is 10.1 Å². The topological polar surface area (TPSA) is 105 Å². The highest BCUT2D eigenvalue weighted by Crippen LogP contribution is 2.27. The van der Waals surface area contributed by atoms with Crippen molar-refractivity contribution in [3.05, 3.63) is 15.8 Å². The molecule has 0 unspecified atom stereocenters. The number of aromatic amines is 1. The van der Waals surface area contributed by atoms with Crippen molar-refractivity contribution in [1.29, 1.82) is 5.41 Å². The largest absolute Gasteiger partial charge is 0.473 e. The van der Waals surface area contributed by atoms with Gasteiger partial charge in [-0.05, 0) is 13.8 Å². The first-order valence-corrected chi connectivity index (χ1v) is 4.38. The van der Waals surface area contributed by atoms with Crippen LogP contribution >= 0.6 is 0 Å². The molecule has 0 saturated carbocycles. The van der Waals surface area contributed by atoms with Crippen LogP contribution in [0.1, 0.15) is 19.0 Å². The second kappa shape index (κ2) is 4.54. The minimum atomic E-state index is -0.536. The van der Waals surface area contributed by atoms with Gasteiger partial charge in [0.2, 0.25) is 0 Å². The maximum atomic E-state index is 10.6. The van der Waals surface area contributed by atoms with Crippen LogP contribution < -0.4 is 4.74 Å². The smallest absolute Gasteiger partial charge is 0.353 e. The van der Waals surface area contributed by atoms with Crippen molar-refractivity contribution in [2.24, 2.45) is 0 Å². The lowest BCUT2D eigenvalue weighted by Crippen LogP contribution is -2.03. The summed E-state index contributed by atoms with van der Waals surface area (Å²) in [6.45, 7) is 3.41. The zero-order chi connectivity index (χ0) is 11.4. The number of aryl methyl sites for hydroxylation is 1. The Morgan fingerprint density at radius 3 is 2.93 bits per heavy atom. The van der Waals surface area contributed by atoms with Crippen LogP contribution in [-0.2, 0) is 0 Å². The van der Waals surface area contributed by atoms with Crippen molar-refractivity contribution in [2.75, 3.05) is 6.61 Å². The van der Waals surface area contributed by atoms with Gasteiger partial charge in [-0.1, -0.05) is 0 Å². The summed E-state index contributed by atoms with van der Waals surface area (Å²) in [5.41, 5.74) is 0.619. The van der Waals surface area contributed by atoms with Crippen molar-refractivity contribution < 1.29 is 9.66 Å². The van der Waals surface area contributed by atoms with Gasteiger partial charge in [0.05, 0.1) is 11.5 Å². The fourth-order valence-corrected chi connectivity index (χ4v) is 1.03. The number of aromatic nitrogens is 2. The third kappa shape index (κ3) is 2.76. The summed E-state index contributed by atoms with van der Waals surface area (Å²) < 4.78 is 5.13. The van der Waals surface area contributed by atoms with E-state index in [1.165, 1.54) is 6.92 Å². The Morgan fingerprint density at radius 2 is 2.40 bits per heavy atom. The molecule has 0 spiro atoms. The number of ether oxygens (including phenoxy) is 1. The summed E-state index contributed by atoms with van der Waals surface area (Å²) >= 11 is 0. The quantitative estimate of drug-likeness (QED) is 0.437. The van der Waals surface area contributed by atoms with Gasteiger partial charge in [-0.25, -0.2) is 5.10 Å². The molecule has 2 N–H and O–H groups in total. The summed E-state index contributed by atoms with van der Waals surface area (Å²) in [6, 6.07) is 0. The number of nitro groups is 1. The summed E-state index contributed by atoms with van der Waals surface area (Å²) in [4.78, 5) is 10.1. The van der Waals surface area contributed by atoms with Gasteiger partial charge >= 0.3 is 5.69 Å². The van der Waals surface area contributed by atoms with Gasteiger partial charge in [-0.2, -0.15) is 5.10 Å². The van der Waals surface area contributed by atoms with Gasteiger partial charge in [0.25, 0.3) is 5.88 Å². The zero-order valence-electron chi connectivity index (χ0n) is 8.53. The average molecular weight is 212 g/mol. The fourth-order valence-electron chi connectivity index (χ4n) is 1.03. The zero-order valence-corrected chi connectivity index (χ0v) is 8.53.